The van der Waals surface area contributed by atoms with Gasteiger partial charge in [0, 0.05) is 6.04 Å². The van der Waals surface area contributed by atoms with Crippen LogP contribution in [0.2, 0.25) is 0 Å². The fraction of sp³-hybridized carbons (Fsp3) is 0.538. The van der Waals surface area contributed by atoms with Crippen LogP contribution in [0.1, 0.15) is 25.7 Å². The third-order valence-corrected chi connectivity index (χ3v) is 5.01. The zero-order chi connectivity index (χ0) is 12.1. The molecule has 1 fully saturated rings. The Morgan fingerprint density at radius 2 is 1.94 bits per heavy atom. The average Bonchev–Trinajstić information content (AvgIpc) is 2.39. The fourth-order valence-corrected chi connectivity index (χ4v) is 3.62. The van der Waals surface area contributed by atoms with E-state index in [0.29, 0.717) is 10.9 Å². The molecule has 4 heteroatoms. The second kappa shape index (κ2) is 5.65. The highest BCUT2D eigenvalue weighted by Crippen LogP contribution is 2.15. The van der Waals surface area contributed by atoms with E-state index < -0.39 is 9.84 Å². The summed E-state index contributed by atoms with van der Waals surface area (Å²) >= 11 is 0. The molecule has 1 heterocycles. The SMILES string of the molecule is O=S(=O)(CC[C@H]1CCCCN1)c1ccccc1. The van der Waals surface area contributed by atoms with E-state index in [1.54, 1.807) is 24.3 Å². The smallest absolute Gasteiger partial charge is 0.178 e. The largest absolute Gasteiger partial charge is 0.314 e. The first kappa shape index (κ1) is 12.6. The molecule has 17 heavy (non-hydrogen) atoms. The minimum Gasteiger partial charge on any atom is -0.314 e. The Labute approximate surface area is 103 Å². The number of piperidine rings is 1. The van der Waals surface area contributed by atoms with Crippen molar-refractivity contribution < 1.29 is 8.42 Å². The Morgan fingerprint density at radius 3 is 2.59 bits per heavy atom. The quantitative estimate of drug-likeness (QED) is 0.892. The predicted molar refractivity (Wildman–Crippen MR) is 68.8 cm³/mol. The molecule has 1 N–H and O–H groups in total. The third-order valence-electron chi connectivity index (χ3n) is 3.25. The van der Waals surface area contributed by atoms with E-state index in [0.717, 1.165) is 19.4 Å². The van der Waals surface area contributed by atoms with Gasteiger partial charge in [-0.1, -0.05) is 24.6 Å². The van der Waals surface area contributed by atoms with E-state index >= 15 is 0 Å². The Kier molecular flexibility index (Phi) is 4.18. The van der Waals surface area contributed by atoms with Gasteiger partial charge < -0.3 is 5.32 Å². The van der Waals surface area contributed by atoms with Gasteiger partial charge in [-0.05, 0) is 37.9 Å². The number of hydrogen-bond donors (Lipinski definition) is 1. The molecule has 0 aliphatic carbocycles. The average molecular weight is 253 g/mol. The minimum atomic E-state index is -3.10. The van der Waals surface area contributed by atoms with Gasteiger partial charge in [-0.3, -0.25) is 0 Å². The number of nitrogens with one attached hydrogen (secondary N) is 1. The molecule has 1 aliphatic heterocycles. The Bertz CT molecular complexity index is 436. The van der Waals surface area contributed by atoms with Crippen LogP contribution < -0.4 is 5.32 Å². The van der Waals surface area contributed by atoms with Crippen LogP contribution in [-0.4, -0.2) is 26.8 Å². The number of rotatable bonds is 4. The lowest BCUT2D eigenvalue weighted by Crippen LogP contribution is -2.35. The van der Waals surface area contributed by atoms with Crippen LogP contribution in [0, 0.1) is 0 Å². The third kappa shape index (κ3) is 3.54. The van der Waals surface area contributed by atoms with Gasteiger partial charge >= 0.3 is 0 Å². The Hall–Kier alpha value is -0.870. The molecular formula is C13H19NO2S. The summed E-state index contributed by atoms with van der Waals surface area (Å²) in [6, 6.07) is 9.09. The molecule has 3 nitrogen and oxygen atoms in total. The molecule has 1 atom stereocenters. The van der Waals surface area contributed by atoms with Gasteiger partial charge in [0.15, 0.2) is 9.84 Å². The van der Waals surface area contributed by atoms with Crippen molar-refractivity contribution in [1.29, 1.82) is 0 Å². The molecule has 94 valence electrons. The number of sulfone groups is 1. The summed E-state index contributed by atoms with van der Waals surface area (Å²) < 4.78 is 24.1. The summed E-state index contributed by atoms with van der Waals surface area (Å²) in [5.74, 6) is 0.245. The van der Waals surface area contributed by atoms with Crippen LogP contribution in [0.4, 0.5) is 0 Å². The lowest BCUT2D eigenvalue weighted by molar-refractivity contribution is 0.392. The van der Waals surface area contributed by atoms with E-state index in [2.05, 4.69) is 5.32 Å². The first-order valence-corrected chi connectivity index (χ1v) is 7.85. The lowest BCUT2D eigenvalue weighted by atomic mass is 10.0. The zero-order valence-corrected chi connectivity index (χ0v) is 10.7. The number of benzene rings is 1. The maximum absolute atomic E-state index is 12.0. The first-order valence-electron chi connectivity index (χ1n) is 6.20. The number of hydrogen-bond acceptors (Lipinski definition) is 3. The van der Waals surface area contributed by atoms with Gasteiger partial charge in [0.1, 0.15) is 0 Å². The molecule has 1 aliphatic rings. The molecule has 0 unspecified atom stereocenters. The van der Waals surface area contributed by atoms with Crippen molar-refractivity contribution >= 4 is 9.84 Å². The van der Waals surface area contributed by atoms with E-state index in [1.165, 1.54) is 12.8 Å². The zero-order valence-electron chi connectivity index (χ0n) is 9.93. The van der Waals surface area contributed by atoms with Gasteiger partial charge in [0.2, 0.25) is 0 Å². The van der Waals surface area contributed by atoms with Gasteiger partial charge in [0.25, 0.3) is 0 Å². The first-order chi connectivity index (χ1) is 8.18. The molecule has 1 aromatic rings. The maximum Gasteiger partial charge on any atom is 0.178 e. The minimum absolute atomic E-state index is 0.245. The van der Waals surface area contributed by atoms with Gasteiger partial charge in [-0.2, -0.15) is 0 Å². The molecule has 0 spiro atoms. The predicted octanol–water partition coefficient (Wildman–Crippen LogP) is 1.99. The van der Waals surface area contributed by atoms with E-state index in [-0.39, 0.29) is 5.75 Å². The Morgan fingerprint density at radius 1 is 1.18 bits per heavy atom. The van der Waals surface area contributed by atoms with Crippen LogP contribution in [0.5, 0.6) is 0 Å². The van der Waals surface area contributed by atoms with Crippen molar-refractivity contribution in [2.45, 2.75) is 36.6 Å². The monoisotopic (exact) mass is 253 g/mol. The van der Waals surface area contributed by atoms with E-state index in [1.807, 2.05) is 6.07 Å². The van der Waals surface area contributed by atoms with Crippen LogP contribution in [0.3, 0.4) is 0 Å². The van der Waals surface area contributed by atoms with Crippen LogP contribution >= 0.6 is 0 Å². The molecule has 0 amide bonds. The molecule has 1 saturated heterocycles. The topological polar surface area (TPSA) is 46.2 Å². The molecule has 1 aromatic carbocycles. The molecule has 2 rings (SSSR count). The van der Waals surface area contributed by atoms with Crippen LogP contribution in [-0.2, 0) is 9.84 Å². The summed E-state index contributed by atoms with van der Waals surface area (Å²) in [6.45, 7) is 1.02. The molecular weight excluding hydrogens is 234 g/mol. The molecule has 0 aromatic heterocycles. The summed E-state index contributed by atoms with van der Waals surface area (Å²) in [7, 11) is -3.10. The van der Waals surface area contributed by atoms with Crippen molar-refractivity contribution in [3.8, 4) is 0 Å². The molecule has 0 saturated carbocycles. The van der Waals surface area contributed by atoms with Crippen molar-refractivity contribution in [2.75, 3.05) is 12.3 Å². The van der Waals surface area contributed by atoms with Gasteiger partial charge in [-0.15, -0.1) is 0 Å². The highest BCUT2D eigenvalue weighted by atomic mass is 32.2. The van der Waals surface area contributed by atoms with Crippen LogP contribution in [0.15, 0.2) is 35.2 Å². The fourth-order valence-electron chi connectivity index (χ4n) is 2.21. The summed E-state index contributed by atoms with van der Waals surface area (Å²) in [6.07, 6.45) is 4.24. The lowest BCUT2D eigenvalue weighted by Gasteiger charge is -2.23. The standard InChI is InChI=1S/C13H19NO2S/c15-17(16,13-7-2-1-3-8-13)11-9-12-6-4-5-10-14-12/h1-3,7-8,12,14H,4-6,9-11H2/t12-/m1/s1. The van der Waals surface area contributed by atoms with Gasteiger partial charge in [-0.25, -0.2) is 8.42 Å². The Balaban J connectivity index is 1.94. The second-order valence-electron chi connectivity index (χ2n) is 4.57. The highest BCUT2D eigenvalue weighted by Gasteiger charge is 2.18. The van der Waals surface area contributed by atoms with Crippen molar-refractivity contribution in [3.05, 3.63) is 30.3 Å². The second-order valence-corrected chi connectivity index (χ2v) is 6.68. The normalized spacial score (nSPS) is 21.3. The highest BCUT2D eigenvalue weighted by molar-refractivity contribution is 7.91. The van der Waals surface area contributed by atoms with Gasteiger partial charge in [0.05, 0.1) is 10.6 Å². The molecule has 0 bridgehead atoms. The summed E-state index contributed by atoms with van der Waals surface area (Å²) in [5.41, 5.74) is 0. The maximum atomic E-state index is 12.0. The molecule has 0 radical (unpaired) electrons. The summed E-state index contributed by atoms with van der Waals surface area (Å²) in [5, 5.41) is 3.38. The van der Waals surface area contributed by atoms with E-state index in [9.17, 15) is 8.42 Å². The van der Waals surface area contributed by atoms with E-state index in [4.69, 9.17) is 0 Å². The van der Waals surface area contributed by atoms with Crippen molar-refractivity contribution in [2.24, 2.45) is 0 Å². The van der Waals surface area contributed by atoms with Crippen molar-refractivity contribution in [1.82, 2.24) is 5.32 Å². The van der Waals surface area contributed by atoms with Crippen LogP contribution in [0.25, 0.3) is 0 Å². The van der Waals surface area contributed by atoms with Crippen molar-refractivity contribution in [3.63, 3.8) is 0 Å². The summed E-state index contributed by atoms with van der Waals surface area (Å²) in [4.78, 5) is 0.441.